The van der Waals surface area contributed by atoms with Gasteiger partial charge in [0.1, 0.15) is 11.4 Å². The van der Waals surface area contributed by atoms with Gasteiger partial charge in [-0.25, -0.2) is 4.79 Å². The summed E-state index contributed by atoms with van der Waals surface area (Å²) in [5.41, 5.74) is 0.698. The number of carbonyl (C=O) groups is 1. The fraction of sp³-hybridized carbons (Fsp3) is 0.588. The number of methoxy groups -OCH3 is 1. The number of nitrogens with one attached hydrogen (secondary N) is 1. The highest BCUT2D eigenvalue weighted by Crippen LogP contribution is 2.35. The van der Waals surface area contributed by atoms with E-state index in [9.17, 15) is 4.79 Å². The van der Waals surface area contributed by atoms with Crippen LogP contribution in [0.15, 0.2) is 24.3 Å². The van der Waals surface area contributed by atoms with E-state index in [2.05, 4.69) is 12.2 Å². The third-order valence-corrected chi connectivity index (χ3v) is 4.79. The minimum atomic E-state index is -0.363. The van der Waals surface area contributed by atoms with Crippen molar-refractivity contribution in [3.05, 3.63) is 29.8 Å². The van der Waals surface area contributed by atoms with E-state index in [0.717, 1.165) is 37.2 Å². The van der Waals surface area contributed by atoms with Crippen molar-refractivity contribution in [1.82, 2.24) is 10.2 Å². The summed E-state index contributed by atoms with van der Waals surface area (Å²) >= 11 is 0. The third kappa shape index (κ3) is 3.04. The molecule has 1 amide bonds. The predicted octanol–water partition coefficient (Wildman–Crippen LogP) is 2.41. The minimum absolute atomic E-state index is 0.205. The molecule has 0 aromatic heterocycles. The van der Waals surface area contributed by atoms with Gasteiger partial charge in [-0.05, 0) is 50.6 Å². The maximum atomic E-state index is 12.2. The quantitative estimate of drug-likeness (QED) is 0.928. The van der Waals surface area contributed by atoms with Crippen molar-refractivity contribution in [2.75, 3.05) is 26.7 Å². The van der Waals surface area contributed by atoms with Crippen molar-refractivity contribution in [1.29, 1.82) is 0 Å². The zero-order valence-corrected chi connectivity index (χ0v) is 13.3. The standard InChI is InChI=1S/C17H24N2O3/c1-17(14-6-8-18-9-7-14)12-19(16(20)22-17)11-13-4-3-5-15(10-13)21-2/h3-5,10,14,18H,6-9,11-12H2,1-2H3. The van der Waals surface area contributed by atoms with E-state index in [-0.39, 0.29) is 11.7 Å². The molecule has 5 nitrogen and oxygen atoms in total. The van der Waals surface area contributed by atoms with Gasteiger partial charge in [0.15, 0.2) is 0 Å². The second-order valence-corrected chi connectivity index (χ2v) is 6.41. The lowest BCUT2D eigenvalue weighted by Gasteiger charge is -2.34. The molecule has 3 rings (SSSR count). The van der Waals surface area contributed by atoms with Crippen LogP contribution in [0.25, 0.3) is 0 Å². The van der Waals surface area contributed by atoms with Crippen LogP contribution in [0.3, 0.4) is 0 Å². The van der Waals surface area contributed by atoms with E-state index < -0.39 is 0 Å². The van der Waals surface area contributed by atoms with Crippen LogP contribution in [-0.4, -0.2) is 43.3 Å². The van der Waals surface area contributed by atoms with Gasteiger partial charge in [0.25, 0.3) is 0 Å². The molecule has 2 aliphatic heterocycles. The number of ether oxygens (including phenoxy) is 2. The average Bonchev–Trinajstić information content (AvgIpc) is 2.84. The highest BCUT2D eigenvalue weighted by atomic mass is 16.6. The van der Waals surface area contributed by atoms with Crippen LogP contribution in [0.5, 0.6) is 5.75 Å². The first-order valence-corrected chi connectivity index (χ1v) is 7.92. The van der Waals surface area contributed by atoms with Crippen molar-refractivity contribution >= 4 is 6.09 Å². The molecule has 2 saturated heterocycles. The fourth-order valence-corrected chi connectivity index (χ4v) is 3.50. The maximum absolute atomic E-state index is 12.2. The Morgan fingerprint density at radius 2 is 2.18 bits per heavy atom. The summed E-state index contributed by atoms with van der Waals surface area (Å²) in [6.07, 6.45) is 1.93. The molecule has 2 heterocycles. The minimum Gasteiger partial charge on any atom is -0.497 e. The zero-order chi connectivity index (χ0) is 15.6. The number of hydrogen-bond acceptors (Lipinski definition) is 4. The average molecular weight is 304 g/mol. The Morgan fingerprint density at radius 3 is 2.91 bits per heavy atom. The predicted molar refractivity (Wildman–Crippen MR) is 83.9 cm³/mol. The molecule has 2 aliphatic rings. The van der Waals surface area contributed by atoms with E-state index in [1.807, 2.05) is 24.3 Å². The van der Waals surface area contributed by atoms with Gasteiger partial charge >= 0.3 is 6.09 Å². The van der Waals surface area contributed by atoms with Gasteiger partial charge in [-0.1, -0.05) is 12.1 Å². The molecular formula is C17H24N2O3. The molecular weight excluding hydrogens is 280 g/mol. The molecule has 1 aromatic rings. The Hall–Kier alpha value is -1.75. The van der Waals surface area contributed by atoms with Crippen molar-refractivity contribution in [2.24, 2.45) is 5.92 Å². The molecule has 0 spiro atoms. The van der Waals surface area contributed by atoms with Crippen LogP contribution in [-0.2, 0) is 11.3 Å². The van der Waals surface area contributed by atoms with E-state index in [4.69, 9.17) is 9.47 Å². The number of benzene rings is 1. The second kappa shape index (κ2) is 6.16. The van der Waals surface area contributed by atoms with Gasteiger partial charge < -0.3 is 14.8 Å². The van der Waals surface area contributed by atoms with E-state index in [1.165, 1.54) is 0 Å². The summed E-state index contributed by atoms with van der Waals surface area (Å²) in [5.74, 6) is 1.25. The molecule has 1 aromatic carbocycles. The molecule has 120 valence electrons. The Bertz CT molecular complexity index is 542. The van der Waals surface area contributed by atoms with Crippen molar-refractivity contribution in [3.8, 4) is 5.75 Å². The van der Waals surface area contributed by atoms with Gasteiger partial charge in [-0.2, -0.15) is 0 Å². The zero-order valence-electron chi connectivity index (χ0n) is 13.3. The van der Waals surface area contributed by atoms with Crippen molar-refractivity contribution in [2.45, 2.75) is 31.9 Å². The molecule has 2 fully saturated rings. The van der Waals surface area contributed by atoms with Gasteiger partial charge in [0.05, 0.1) is 13.7 Å². The number of amides is 1. The number of piperidine rings is 1. The summed E-state index contributed by atoms with van der Waals surface area (Å²) in [5, 5.41) is 3.36. The van der Waals surface area contributed by atoms with Crippen LogP contribution in [0.4, 0.5) is 4.79 Å². The monoisotopic (exact) mass is 304 g/mol. The van der Waals surface area contributed by atoms with Gasteiger partial charge in [0.2, 0.25) is 0 Å². The first-order chi connectivity index (χ1) is 10.6. The van der Waals surface area contributed by atoms with E-state index in [0.29, 0.717) is 19.0 Å². The number of hydrogen-bond donors (Lipinski definition) is 1. The van der Waals surface area contributed by atoms with Crippen LogP contribution in [0.1, 0.15) is 25.3 Å². The molecule has 22 heavy (non-hydrogen) atoms. The van der Waals surface area contributed by atoms with Crippen molar-refractivity contribution < 1.29 is 14.3 Å². The number of carbonyl (C=O) groups excluding carboxylic acids is 1. The Kier molecular flexibility index (Phi) is 4.25. The summed E-state index contributed by atoms with van der Waals surface area (Å²) in [6, 6.07) is 7.83. The first-order valence-electron chi connectivity index (χ1n) is 7.92. The second-order valence-electron chi connectivity index (χ2n) is 6.41. The lowest BCUT2D eigenvalue weighted by molar-refractivity contribution is 0.00943. The van der Waals surface area contributed by atoms with Gasteiger partial charge in [0, 0.05) is 12.5 Å². The van der Waals surface area contributed by atoms with Crippen LogP contribution in [0, 0.1) is 5.92 Å². The topological polar surface area (TPSA) is 50.8 Å². The number of rotatable bonds is 4. The molecule has 1 N–H and O–H groups in total. The highest BCUT2D eigenvalue weighted by Gasteiger charge is 2.46. The summed E-state index contributed by atoms with van der Waals surface area (Å²) in [4.78, 5) is 14.1. The van der Waals surface area contributed by atoms with Gasteiger partial charge in [-0.15, -0.1) is 0 Å². The molecule has 0 radical (unpaired) electrons. The highest BCUT2D eigenvalue weighted by molar-refractivity contribution is 5.70. The number of nitrogens with zero attached hydrogens (tertiary/aromatic N) is 1. The van der Waals surface area contributed by atoms with Crippen molar-refractivity contribution in [3.63, 3.8) is 0 Å². The molecule has 5 heteroatoms. The SMILES string of the molecule is COc1cccc(CN2CC(C)(C3CCNCC3)OC2=O)c1. The molecule has 0 bridgehead atoms. The smallest absolute Gasteiger partial charge is 0.410 e. The van der Waals surface area contributed by atoms with Gasteiger partial charge in [-0.3, -0.25) is 4.90 Å². The lowest BCUT2D eigenvalue weighted by atomic mass is 9.82. The maximum Gasteiger partial charge on any atom is 0.410 e. The molecule has 0 aliphatic carbocycles. The fourth-order valence-electron chi connectivity index (χ4n) is 3.50. The largest absolute Gasteiger partial charge is 0.497 e. The lowest BCUT2D eigenvalue weighted by Crippen LogP contribution is -2.44. The normalized spacial score (nSPS) is 26.1. The Balaban J connectivity index is 1.68. The molecule has 0 saturated carbocycles. The van der Waals surface area contributed by atoms with E-state index >= 15 is 0 Å². The molecule has 1 atom stereocenters. The summed E-state index contributed by atoms with van der Waals surface area (Å²) in [6.45, 7) is 5.32. The Morgan fingerprint density at radius 1 is 1.41 bits per heavy atom. The molecule has 1 unspecified atom stereocenters. The summed E-state index contributed by atoms with van der Waals surface area (Å²) in [7, 11) is 1.65. The number of cyclic esters (lactones) is 1. The Labute approximate surface area is 131 Å². The van der Waals surface area contributed by atoms with Crippen LogP contribution >= 0.6 is 0 Å². The van der Waals surface area contributed by atoms with Crippen LogP contribution < -0.4 is 10.1 Å². The first kappa shape index (κ1) is 15.2. The summed E-state index contributed by atoms with van der Waals surface area (Å²) < 4.78 is 11.0. The van der Waals surface area contributed by atoms with E-state index in [1.54, 1.807) is 12.0 Å². The third-order valence-electron chi connectivity index (χ3n) is 4.79. The van der Waals surface area contributed by atoms with Crippen LogP contribution in [0.2, 0.25) is 0 Å².